The van der Waals surface area contributed by atoms with Crippen molar-refractivity contribution in [2.75, 3.05) is 10.7 Å². The Kier molecular flexibility index (Phi) is 2.67. The number of halogens is 2. The van der Waals surface area contributed by atoms with Gasteiger partial charge < -0.3 is 10.7 Å². The van der Waals surface area contributed by atoms with Gasteiger partial charge in [-0.15, -0.1) is 0 Å². The topological polar surface area (TPSA) is 63.0 Å². The van der Waals surface area contributed by atoms with Crippen LogP contribution in [0.5, 0.6) is 0 Å². The summed E-state index contributed by atoms with van der Waals surface area (Å²) in [4.78, 5) is 3.76. The van der Waals surface area contributed by atoms with Crippen molar-refractivity contribution in [3.8, 4) is 0 Å². The molecule has 0 saturated heterocycles. The summed E-state index contributed by atoms with van der Waals surface area (Å²) in [5.74, 6) is 3.45. The van der Waals surface area contributed by atoms with Crippen molar-refractivity contribution in [2.45, 2.75) is 31.7 Å². The highest BCUT2D eigenvalue weighted by atomic mass is 19.1. The van der Waals surface area contributed by atoms with E-state index in [1.54, 1.807) is 0 Å². The van der Waals surface area contributed by atoms with Crippen LogP contribution < -0.4 is 16.6 Å². The van der Waals surface area contributed by atoms with Crippen LogP contribution >= 0.6 is 0 Å². The Morgan fingerprint density at radius 3 is 2.44 bits per heavy atom. The van der Waals surface area contributed by atoms with Crippen LogP contribution in [0.25, 0.3) is 0 Å². The third-order valence-electron chi connectivity index (χ3n) is 2.94. The highest BCUT2D eigenvalue weighted by Gasteiger charge is 2.32. The number of nitrogen functional groups attached to an aromatic ring is 1. The first-order chi connectivity index (χ1) is 7.54. The molecule has 1 aliphatic rings. The molecule has 0 spiro atoms. The highest BCUT2D eigenvalue weighted by molar-refractivity contribution is 5.48. The van der Waals surface area contributed by atoms with Gasteiger partial charge in [0.1, 0.15) is 0 Å². The number of anilines is 2. The number of hydrogen-bond acceptors (Lipinski definition) is 4. The lowest BCUT2D eigenvalue weighted by atomic mass is 9.78. The Labute approximate surface area is 92.2 Å². The lowest BCUT2D eigenvalue weighted by molar-refractivity contribution is 0.304. The van der Waals surface area contributed by atoms with E-state index in [-0.39, 0.29) is 17.2 Å². The van der Waals surface area contributed by atoms with Gasteiger partial charge in [-0.3, -0.25) is 0 Å². The monoisotopic (exact) mass is 228 g/mol. The van der Waals surface area contributed by atoms with Crippen molar-refractivity contribution in [3.05, 3.63) is 17.7 Å². The number of nitrogens with one attached hydrogen (secondary N) is 2. The van der Waals surface area contributed by atoms with Gasteiger partial charge in [0.2, 0.25) is 0 Å². The Balaban J connectivity index is 2.26. The quantitative estimate of drug-likeness (QED) is 0.547. The maximum atomic E-state index is 13.4. The Morgan fingerprint density at radius 1 is 1.31 bits per heavy atom. The van der Waals surface area contributed by atoms with E-state index in [9.17, 15) is 8.78 Å². The molecule has 0 radical (unpaired) electrons. The van der Waals surface area contributed by atoms with Gasteiger partial charge in [-0.2, -0.15) is 0 Å². The number of aromatic nitrogens is 1. The fourth-order valence-electron chi connectivity index (χ4n) is 1.77. The molecule has 0 bridgehead atoms. The molecule has 1 heterocycles. The van der Waals surface area contributed by atoms with Gasteiger partial charge in [0.15, 0.2) is 23.3 Å². The molecule has 16 heavy (non-hydrogen) atoms. The highest BCUT2D eigenvalue weighted by Crippen LogP contribution is 2.35. The summed E-state index contributed by atoms with van der Waals surface area (Å²) in [7, 11) is 0. The summed E-state index contributed by atoms with van der Waals surface area (Å²) in [6.07, 6.45) is 3.02. The van der Waals surface area contributed by atoms with Crippen LogP contribution in [-0.4, -0.2) is 10.5 Å². The molecule has 1 aliphatic carbocycles. The molecule has 0 aromatic carbocycles. The summed E-state index contributed by atoms with van der Waals surface area (Å²) in [5, 5.41) is 2.98. The summed E-state index contributed by atoms with van der Waals surface area (Å²) < 4.78 is 26.5. The molecule has 4 N–H and O–H groups in total. The zero-order chi connectivity index (χ0) is 11.8. The molecule has 4 nitrogen and oxygen atoms in total. The lowest BCUT2D eigenvalue weighted by Crippen LogP contribution is -2.42. The Bertz CT molecular complexity index is 404. The van der Waals surface area contributed by atoms with E-state index < -0.39 is 11.6 Å². The third kappa shape index (κ3) is 1.92. The Hall–Kier alpha value is -1.43. The molecule has 2 rings (SSSR count). The summed E-state index contributed by atoms with van der Waals surface area (Å²) in [6.45, 7) is 1.98. The van der Waals surface area contributed by atoms with Crippen molar-refractivity contribution in [3.63, 3.8) is 0 Å². The summed E-state index contributed by atoms with van der Waals surface area (Å²) >= 11 is 0. The van der Waals surface area contributed by atoms with Crippen LogP contribution in [0.1, 0.15) is 26.2 Å². The van der Waals surface area contributed by atoms with Crippen molar-refractivity contribution in [1.29, 1.82) is 0 Å². The number of pyridine rings is 1. The number of hydrogen-bond donors (Lipinski definition) is 3. The molecule has 88 valence electrons. The maximum Gasteiger partial charge on any atom is 0.178 e. The molecule has 6 heteroatoms. The number of rotatable bonds is 3. The number of nitrogens with two attached hydrogens (primary N) is 1. The first-order valence-electron chi connectivity index (χ1n) is 5.15. The van der Waals surface area contributed by atoms with Gasteiger partial charge in [0.25, 0.3) is 0 Å². The smallest absolute Gasteiger partial charge is 0.178 e. The maximum absolute atomic E-state index is 13.4. The average molecular weight is 228 g/mol. The average Bonchev–Trinajstić information content (AvgIpc) is 2.19. The van der Waals surface area contributed by atoms with Crippen LogP contribution in [0, 0.1) is 11.6 Å². The van der Waals surface area contributed by atoms with Crippen LogP contribution in [0.3, 0.4) is 0 Å². The van der Waals surface area contributed by atoms with Crippen molar-refractivity contribution < 1.29 is 8.78 Å². The fraction of sp³-hybridized carbons (Fsp3) is 0.500. The van der Waals surface area contributed by atoms with Crippen LogP contribution in [-0.2, 0) is 0 Å². The molecule has 1 aromatic rings. The lowest BCUT2D eigenvalue weighted by Gasteiger charge is -2.39. The fourth-order valence-corrected chi connectivity index (χ4v) is 1.77. The number of nitrogens with zero attached hydrogens (tertiary/aromatic N) is 1. The summed E-state index contributed by atoms with van der Waals surface area (Å²) in [6, 6.07) is 0.770. The van der Waals surface area contributed by atoms with E-state index in [0.717, 1.165) is 25.3 Å². The molecule has 0 amide bonds. The predicted molar refractivity (Wildman–Crippen MR) is 57.8 cm³/mol. The van der Waals surface area contributed by atoms with Crippen molar-refractivity contribution >= 4 is 11.6 Å². The van der Waals surface area contributed by atoms with Gasteiger partial charge >= 0.3 is 0 Å². The summed E-state index contributed by atoms with van der Waals surface area (Å²) in [5.41, 5.74) is 1.95. The van der Waals surface area contributed by atoms with E-state index in [4.69, 9.17) is 5.84 Å². The van der Waals surface area contributed by atoms with Gasteiger partial charge in [0, 0.05) is 11.6 Å². The molecular formula is C10H14F2N4. The van der Waals surface area contributed by atoms with Crippen molar-refractivity contribution in [1.82, 2.24) is 4.98 Å². The first-order valence-corrected chi connectivity index (χ1v) is 5.15. The third-order valence-corrected chi connectivity index (χ3v) is 2.94. The molecule has 1 fully saturated rings. The minimum atomic E-state index is -0.802. The first kappa shape index (κ1) is 11.1. The van der Waals surface area contributed by atoms with Gasteiger partial charge in [-0.1, -0.05) is 0 Å². The van der Waals surface area contributed by atoms with Gasteiger partial charge in [-0.25, -0.2) is 19.6 Å². The molecule has 0 aliphatic heterocycles. The normalized spacial score (nSPS) is 17.8. The van der Waals surface area contributed by atoms with E-state index >= 15 is 0 Å². The van der Waals surface area contributed by atoms with Crippen LogP contribution in [0.4, 0.5) is 20.4 Å². The zero-order valence-corrected chi connectivity index (χ0v) is 8.98. The van der Waals surface area contributed by atoms with Gasteiger partial charge in [-0.05, 0) is 26.2 Å². The molecule has 1 aromatic heterocycles. The number of hydrazine groups is 1. The predicted octanol–water partition coefficient (Wildman–Crippen LogP) is 2.00. The van der Waals surface area contributed by atoms with E-state index in [1.807, 2.05) is 6.92 Å². The SMILES string of the molecule is CC1(Nc2nc(NN)c(F)cc2F)CCC1. The molecule has 1 saturated carbocycles. The zero-order valence-electron chi connectivity index (χ0n) is 8.98. The Morgan fingerprint density at radius 2 is 1.94 bits per heavy atom. The molecule has 0 unspecified atom stereocenters. The molecule has 0 atom stereocenters. The van der Waals surface area contributed by atoms with E-state index in [2.05, 4.69) is 15.7 Å². The van der Waals surface area contributed by atoms with Crippen molar-refractivity contribution in [2.24, 2.45) is 5.84 Å². The second kappa shape index (κ2) is 3.86. The largest absolute Gasteiger partial charge is 0.362 e. The van der Waals surface area contributed by atoms with E-state index in [0.29, 0.717) is 0 Å². The van der Waals surface area contributed by atoms with Crippen LogP contribution in [0.15, 0.2) is 6.07 Å². The van der Waals surface area contributed by atoms with E-state index in [1.165, 1.54) is 0 Å². The second-order valence-corrected chi connectivity index (χ2v) is 4.33. The molecular weight excluding hydrogens is 214 g/mol. The van der Waals surface area contributed by atoms with Gasteiger partial charge in [0.05, 0.1) is 0 Å². The minimum absolute atomic E-state index is 0.0385. The standard InChI is InChI=1S/C10H14F2N4/c1-10(3-2-4-10)15-8-6(11)5-7(12)9(14-8)16-13/h5H,2-4,13H2,1H3,(H2,14,15,16). The minimum Gasteiger partial charge on any atom is -0.362 e. The second-order valence-electron chi connectivity index (χ2n) is 4.33. The van der Waals surface area contributed by atoms with Crippen LogP contribution in [0.2, 0.25) is 0 Å².